The van der Waals surface area contributed by atoms with Crippen LogP contribution in [0.15, 0.2) is 79.1 Å². The molecular weight excluding hydrogens is 368 g/mol. The minimum absolute atomic E-state index is 0.154. The van der Waals surface area contributed by atoms with E-state index in [0.717, 1.165) is 24.0 Å². The molecule has 144 valence electrons. The van der Waals surface area contributed by atoms with Gasteiger partial charge in [-0.2, -0.15) is 4.31 Å². The lowest BCUT2D eigenvalue weighted by Crippen LogP contribution is -2.41. The van der Waals surface area contributed by atoms with E-state index >= 15 is 0 Å². The maximum absolute atomic E-state index is 13.3. The van der Waals surface area contributed by atoms with Gasteiger partial charge >= 0.3 is 0 Å². The van der Waals surface area contributed by atoms with Crippen molar-refractivity contribution in [2.75, 3.05) is 12.3 Å². The van der Waals surface area contributed by atoms with Crippen LogP contribution < -0.4 is 0 Å². The van der Waals surface area contributed by atoms with Crippen LogP contribution in [0.4, 0.5) is 0 Å². The molecule has 0 saturated heterocycles. The SMILES string of the molecule is O=S(=O)(CCCc1ccccc1)N1CCc2ccccc2C1c1cccnc1. The largest absolute Gasteiger partial charge is 0.264 e. The van der Waals surface area contributed by atoms with Crippen molar-refractivity contribution in [3.8, 4) is 0 Å². The van der Waals surface area contributed by atoms with Gasteiger partial charge in [0.25, 0.3) is 0 Å². The first kappa shape index (κ1) is 18.8. The lowest BCUT2D eigenvalue weighted by atomic mass is 9.91. The average Bonchev–Trinajstić information content (AvgIpc) is 2.74. The third-order valence-corrected chi connectivity index (χ3v) is 7.22. The van der Waals surface area contributed by atoms with Gasteiger partial charge < -0.3 is 0 Å². The van der Waals surface area contributed by atoms with E-state index in [-0.39, 0.29) is 11.8 Å². The van der Waals surface area contributed by atoms with E-state index in [9.17, 15) is 8.42 Å². The molecule has 0 spiro atoms. The number of pyridine rings is 1. The van der Waals surface area contributed by atoms with Crippen LogP contribution in [0, 0.1) is 0 Å². The van der Waals surface area contributed by atoms with E-state index in [0.29, 0.717) is 13.0 Å². The van der Waals surface area contributed by atoms with Crippen LogP contribution >= 0.6 is 0 Å². The summed E-state index contributed by atoms with van der Waals surface area (Å²) in [6.45, 7) is 0.504. The van der Waals surface area contributed by atoms with E-state index in [4.69, 9.17) is 0 Å². The molecule has 0 saturated carbocycles. The minimum atomic E-state index is -3.39. The number of sulfonamides is 1. The fourth-order valence-corrected chi connectivity index (χ4v) is 5.62. The zero-order chi connectivity index (χ0) is 19.4. The van der Waals surface area contributed by atoms with Gasteiger partial charge in [0, 0.05) is 18.9 Å². The van der Waals surface area contributed by atoms with Gasteiger partial charge in [-0.05, 0) is 47.6 Å². The van der Waals surface area contributed by atoms with Gasteiger partial charge in [0.2, 0.25) is 10.0 Å². The second-order valence-electron chi connectivity index (χ2n) is 7.15. The van der Waals surface area contributed by atoms with Gasteiger partial charge in [-0.3, -0.25) is 4.98 Å². The zero-order valence-corrected chi connectivity index (χ0v) is 16.6. The lowest BCUT2D eigenvalue weighted by Gasteiger charge is -2.36. The van der Waals surface area contributed by atoms with Gasteiger partial charge in [0.15, 0.2) is 0 Å². The number of benzene rings is 2. The van der Waals surface area contributed by atoms with Crippen LogP contribution in [-0.4, -0.2) is 30.0 Å². The highest BCUT2D eigenvalue weighted by Crippen LogP contribution is 2.36. The molecule has 5 heteroatoms. The highest BCUT2D eigenvalue weighted by atomic mass is 32.2. The maximum atomic E-state index is 13.3. The summed E-state index contributed by atoms with van der Waals surface area (Å²) in [5.41, 5.74) is 4.37. The third kappa shape index (κ3) is 4.01. The number of rotatable bonds is 6. The number of aryl methyl sites for hydroxylation is 1. The Morgan fingerprint density at radius 1 is 0.964 bits per heavy atom. The van der Waals surface area contributed by atoms with Crippen LogP contribution in [0.2, 0.25) is 0 Å². The summed E-state index contributed by atoms with van der Waals surface area (Å²) in [4.78, 5) is 4.23. The number of hydrogen-bond donors (Lipinski definition) is 0. The molecule has 0 N–H and O–H groups in total. The summed E-state index contributed by atoms with van der Waals surface area (Å²) >= 11 is 0. The predicted molar refractivity (Wildman–Crippen MR) is 111 cm³/mol. The Labute approximate surface area is 166 Å². The molecule has 1 aromatic heterocycles. The molecule has 1 unspecified atom stereocenters. The first-order chi connectivity index (χ1) is 13.6. The van der Waals surface area contributed by atoms with E-state index in [1.807, 2.05) is 60.7 Å². The van der Waals surface area contributed by atoms with E-state index in [1.165, 1.54) is 11.1 Å². The fraction of sp³-hybridized carbons (Fsp3) is 0.261. The molecule has 0 radical (unpaired) electrons. The van der Waals surface area contributed by atoms with Crippen molar-refractivity contribution in [1.82, 2.24) is 9.29 Å². The molecule has 4 rings (SSSR count). The smallest absolute Gasteiger partial charge is 0.214 e. The molecule has 28 heavy (non-hydrogen) atoms. The van der Waals surface area contributed by atoms with Crippen molar-refractivity contribution in [2.45, 2.75) is 25.3 Å². The monoisotopic (exact) mass is 392 g/mol. The summed E-state index contributed by atoms with van der Waals surface area (Å²) < 4.78 is 28.2. The second kappa shape index (κ2) is 8.25. The topological polar surface area (TPSA) is 50.3 Å². The van der Waals surface area contributed by atoms with E-state index < -0.39 is 10.0 Å². The first-order valence-corrected chi connectivity index (χ1v) is 11.3. The molecule has 4 nitrogen and oxygen atoms in total. The minimum Gasteiger partial charge on any atom is -0.264 e. The molecule has 1 atom stereocenters. The number of fused-ring (bicyclic) bond motifs is 1. The Bertz CT molecular complexity index is 1020. The molecule has 0 aliphatic carbocycles. The molecule has 3 aromatic rings. The van der Waals surface area contributed by atoms with Crippen molar-refractivity contribution in [3.63, 3.8) is 0 Å². The van der Waals surface area contributed by atoms with Gasteiger partial charge in [-0.1, -0.05) is 60.7 Å². The first-order valence-electron chi connectivity index (χ1n) is 9.66. The van der Waals surface area contributed by atoms with Crippen molar-refractivity contribution in [3.05, 3.63) is 101 Å². The number of nitrogens with zero attached hydrogens (tertiary/aromatic N) is 2. The molecule has 2 aromatic carbocycles. The van der Waals surface area contributed by atoms with Gasteiger partial charge in [-0.25, -0.2) is 8.42 Å². The maximum Gasteiger partial charge on any atom is 0.214 e. The Morgan fingerprint density at radius 3 is 2.54 bits per heavy atom. The van der Waals surface area contributed by atoms with Crippen molar-refractivity contribution >= 4 is 10.0 Å². The summed E-state index contributed by atoms with van der Waals surface area (Å²) in [7, 11) is -3.39. The molecule has 1 aliphatic heterocycles. The van der Waals surface area contributed by atoms with Crippen molar-refractivity contribution < 1.29 is 8.42 Å². The van der Waals surface area contributed by atoms with Crippen molar-refractivity contribution in [2.24, 2.45) is 0 Å². The Morgan fingerprint density at radius 2 is 1.75 bits per heavy atom. The average molecular weight is 393 g/mol. The number of aromatic nitrogens is 1. The molecule has 2 heterocycles. The van der Waals surface area contributed by atoms with Crippen LogP contribution in [0.3, 0.4) is 0 Å². The summed E-state index contributed by atoms with van der Waals surface area (Å²) in [6, 6.07) is 21.7. The highest BCUT2D eigenvalue weighted by Gasteiger charge is 2.36. The Balaban J connectivity index is 1.59. The molecular formula is C23H24N2O2S. The van der Waals surface area contributed by atoms with Crippen LogP contribution in [0.1, 0.15) is 34.7 Å². The zero-order valence-electron chi connectivity index (χ0n) is 15.7. The summed E-state index contributed by atoms with van der Waals surface area (Å²) in [5.74, 6) is 0.154. The van der Waals surface area contributed by atoms with Crippen molar-refractivity contribution in [1.29, 1.82) is 0 Å². The quantitative estimate of drug-likeness (QED) is 0.637. The van der Waals surface area contributed by atoms with E-state index in [1.54, 1.807) is 16.7 Å². The van der Waals surface area contributed by atoms with E-state index in [2.05, 4.69) is 11.1 Å². The Kier molecular flexibility index (Phi) is 5.55. The molecule has 1 aliphatic rings. The predicted octanol–water partition coefficient (Wildman–Crippen LogP) is 3.99. The van der Waals surface area contributed by atoms with Gasteiger partial charge in [0.1, 0.15) is 0 Å². The lowest BCUT2D eigenvalue weighted by molar-refractivity contribution is 0.343. The van der Waals surface area contributed by atoms with Gasteiger partial charge in [-0.15, -0.1) is 0 Å². The van der Waals surface area contributed by atoms with Gasteiger partial charge in [0.05, 0.1) is 11.8 Å². The molecule has 0 amide bonds. The standard InChI is InChI=1S/C23H24N2O2S/c26-28(27,17-7-10-19-8-2-1-3-9-19)25-16-14-20-11-4-5-13-22(20)23(25)21-12-6-15-24-18-21/h1-6,8-9,11-13,15,18,23H,7,10,14,16-17H2. The van der Waals surface area contributed by atoms with Crippen LogP contribution in [-0.2, 0) is 22.9 Å². The molecule has 0 bridgehead atoms. The normalized spacial score (nSPS) is 17.2. The second-order valence-corrected chi connectivity index (χ2v) is 9.19. The number of hydrogen-bond acceptors (Lipinski definition) is 3. The fourth-order valence-electron chi connectivity index (χ4n) is 3.95. The summed E-state index contributed by atoms with van der Waals surface area (Å²) in [5, 5.41) is 0. The summed E-state index contributed by atoms with van der Waals surface area (Å²) in [6.07, 6.45) is 5.62. The van der Waals surface area contributed by atoms with Crippen LogP contribution in [0.5, 0.6) is 0 Å². The highest BCUT2D eigenvalue weighted by molar-refractivity contribution is 7.89. The molecule has 0 fully saturated rings. The third-order valence-electron chi connectivity index (χ3n) is 5.31. The Hall–Kier alpha value is -2.50. The van der Waals surface area contributed by atoms with Crippen LogP contribution in [0.25, 0.3) is 0 Å².